The number of carbonyl (C=O) groups is 1. The van der Waals surface area contributed by atoms with Crippen LogP contribution < -0.4 is 19.9 Å². The fourth-order valence-electron chi connectivity index (χ4n) is 4.78. The molecule has 7 nitrogen and oxygen atoms in total. The first-order valence-corrected chi connectivity index (χ1v) is 13.5. The maximum absolute atomic E-state index is 13.5. The topological polar surface area (TPSA) is 77.3 Å². The van der Waals surface area contributed by atoms with Crippen LogP contribution in [0.1, 0.15) is 63.4 Å². The van der Waals surface area contributed by atoms with Gasteiger partial charge in [0.2, 0.25) is 0 Å². The van der Waals surface area contributed by atoms with Crippen LogP contribution in [0.2, 0.25) is 0 Å². The Balaban J connectivity index is 1.86. The van der Waals surface area contributed by atoms with Gasteiger partial charge in [-0.2, -0.15) is 0 Å². The molecule has 0 atom stereocenters. The number of fused-ring (bicyclic) bond motifs is 3. The van der Waals surface area contributed by atoms with Crippen LogP contribution in [-0.2, 0) is 0 Å². The van der Waals surface area contributed by atoms with Crippen LogP contribution in [0.4, 0.5) is 5.69 Å². The number of rotatable bonds is 16. The maximum atomic E-state index is 13.5. The summed E-state index contributed by atoms with van der Waals surface area (Å²) in [7, 11) is 0. The number of hydrogen-bond donors (Lipinski definition) is 1. The van der Waals surface area contributed by atoms with Gasteiger partial charge in [-0.15, -0.1) is 0 Å². The Bertz CT molecular complexity index is 1020. The number of nitrogens with zero attached hydrogens (tertiary/aromatic N) is 2. The van der Waals surface area contributed by atoms with Crippen LogP contribution in [0.25, 0.3) is 11.1 Å². The Hall–Kier alpha value is -2.77. The zero-order valence-electron chi connectivity index (χ0n) is 22.7. The monoisotopic (exact) mass is 497 g/mol. The van der Waals surface area contributed by atoms with Gasteiger partial charge in [-0.1, -0.05) is 39.8 Å². The molecular weight excluding hydrogens is 454 g/mol. The van der Waals surface area contributed by atoms with Gasteiger partial charge < -0.3 is 29.7 Å². The number of hydrogen-bond acceptors (Lipinski definition) is 7. The molecule has 0 aromatic heterocycles. The lowest BCUT2D eigenvalue weighted by Gasteiger charge is -2.20. The van der Waals surface area contributed by atoms with Gasteiger partial charge in [0.15, 0.2) is 5.78 Å². The van der Waals surface area contributed by atoms with E-state index in [2.05, 4.69) is 37.5 Å². The van der Waals surface area contributed by atoms with Crippen molar-refractivity contribution in [3.63, 3.8) is 0 Å². The van der Waals surface area contributed by atoms with E-state index in [1.54, 1.807) is 0 Å². The van der Waals surface area contributed by atoms with Crippen LogP contribution in [0.5, 0.6) is 17.2 Å². The molecule has 0 unspecified atom stereocenters. The van der Waals surface area contributed by atoms with Crippen LogP contribution in [0, 0.1) is 0 Å². The van der Waals surface area contributed by atoms with Crippen LogP contribution in [-0.4, -0.2) is 74.7 Å². The van der Waals surface area contributed by atoms with Crippen molar-refractivity contribution >= 4 is 11.5 Å². The van der Waals surface area contributed by atoms with Crippen molar-refractivity contribution in [2.45, 2.75) is 47.5 Å². The molecule has 0 bridgehead atoms. The largest absolute Gasteiger partial charge is 0.493 e. The van der Waals surface area contributed by atoms with Gasteiger partial charge >= 0.3 is 0 Å². The molecule has 3 rings (SSSR count). The number of carbonyl (C=O) groups excluding carboxylic acids is 1. The zero-order chi connectivity index (χ0) is 26.1. The normalized spacial score (nSPS) is 12.2. The van der Waals surface area contributed by atoms with Crippen LogP contribution in [0.15, 0.2) is 24.3 Å². The molecule has 0 saturated carbocycles. The molecule has 2 aromatic carbocycles. The molecule has 1 aliphatic rings. The van der Waals surface area contributed by atoms with Crippen molar-refractivity contribution in [1.29, 1.82) is 0 Å². The Kier molecular flexibility index (Phi) is 10.4. The second-order valence-corrected chi connectivity index (χ2v) is 8.94. The quantitative estimate of drug-likeness (QED) is 0.218. The smallest absolute Gasteiger partial charge is 0.196 e. The van der Waals surface area contributed by atoms with Crippen LogP contribution >= 0.6 is 0 Å². The van der Waals surface area contributed by atoms with E-state index in [-0.39, 0.29) is 5.78 Å². The summed E-state index contributed by atoms with van der Waals surface area (Å²) >= 11 is 0. The second kappa shape index (κ2) is 13.5. The Morgan fingerprint density at radius 2 is 1.31 bits per heavy atom. The van der Waals surface area contributed by atoms with Crippen molar-refractivity contribution in [2.24, 2.45) is 0 Å². The van der Waals surface area contributed by atoms with Crippen molar-refractivity contribution in [3.05, 3.63) is 35.4 Å². The molecule has 0 radical (unpaired) electrons. The molecule has 0 amide bonds. The lowest BCUT2D eigenvalue weighted by Crippen LogP contribution is -2.25. The van der Waals surface area contributed by atoms with E-state index < -0.39 is 0 Å². The second-order valence-electron chi connectivity index (χ2n) is 8.94. The van der Waals surface area contributed by atoms with Crippen molar-refractivity contribution in [2.75, 3.05) is 64.8 Å². The van der Waals surface area contributed by atoms with Crippen molar-refractivity contribution in [1.82, 2.24) is 9.80 Å². The average Bonchev–Trinajstić information content (AvgIpc) is 3.20. The highest BCUT2D eigenvalue weighted by Gasteiger charge is 2.36. The number of benzene rings is 2. The standard InChI is InChI=1S/C29H43N3O4/c1-6-31(7-2)16-12-18-35-22-15-11-14-21-25(22)26-23(34-10-5)20-24(28(30)27(26)29(21)33)36-19-13-17-32(8-3)9-4/h11,14-15,20H,6-10,12-13,16-19,30H2,1-5H3. The van der Waals surface area contributed by atoms with Gasteiger partial charge in [0.1, 0.15) is 17.2 Å². The first-order valence-electron chi connectivity index (χ1n) is 13.5. The molecular formula is C29H43N3O4. The first kappa shape index (κ1) is 27.8. The Labute approximate surface area is 216 Å². The molecule has 0 spiro atoms. The van der Waals surface area contributed by atoms with E-state index in [0.717, 1.165) is 57.7 Å². The summed E-state index contributed by atoms with van der Waals surface area (Å²) in [6, 6.07) is 7.44. The van der Waals surface area contributed by atoms with E-state index in [4.69, 9.17) is 19.9 Å². The van der Waals surface area contributed by atoms with E-state index in [1.165, 1.54) is 0 Å². The average molecular weight is 498 g/mol. The fourth-order valence-corrected chi connectivity index (χ4v) is 4.78. The van der Waals surface area contributed by atoms with Gasteiger partial charge in [0.25, 0.3) is 0 Å². The maximum Gasteiger partial charge on any atom is 0.196 e. The van der Waals surface area contributed by atoms with Crippen molar-refractivity contribution in [3.8, 4) is 28.4 Å². The number of nitrogens with two attached hydrogens (primary N) is 1. The van der Waals surface area contributed by atoms with E-state index in [1.807, 2.05) is 31.2 Å². The number of ketones is 1. The van der Waals surface area contributed by atoms with E-state index in [9.17, 15) is 4.79 Å². The van der Waals surface area contributed by atoms with Gasteiger partial charge in [0, 0.05) is 35.8 Å². The minimum atomic E-state index is -0.111. The third-order valence-electron chi connectivity index (χ3n) is 6.88. The summed E-state index contributed by atoms with van der Waals surface area (Å²) in [5.74, 6) is 1.68. The third-order valence-corrected chi connectivity index (χ3v) is 6.88. The molecule has 2 aromatic rings. The lowest BCUT2D eigenvalue weighted by molar-refractivity contribution is 0.104. The van der Waals surface area contributed by atoms with Gasteiger partial charge in [-0.05, 0) is 52.0 Å². The van der Waals surface area contributed by atoms with E-state index >= 15 is 0 Å². The number of anilines is 1. The summed E-state index contributed by atoms with van der Waals surface area (Å²) in [4.78, 5) is 18.2. The number of ether oxygens (including phenoxy) is 3. The SMILES string of the molecule is CCOc1cc(OCCCN(CC)CC)c(N)c2c1-c1c(OCCCN(CC)CC)cccc1C2=O. The Morgan fingerprint density at radius 1 is 0.722 bits per heavy atom. The number of nitrogen functional groups attached to an aromatic ring is 1. The zero-order valence-corrected chi connectivity index (χ0v) is 22.7. The molecule has 2 N–H and O–H groups in total. The molecule has 0 saturated heterocycles. The van der Waals surface area contributed by atoms with Crippen LogP contribution in [0.3, 0.4) is 0 Å². The molecule has 198 valence electrons. The van der Waals surface area contributed by atoms with Gasteiger partial charge in [-0.25, -0.2) is 0 Å². The molecule has 0 heterocycles. The fraction of sp³-hybridized carbons (Fsp3) is 0.552. The summed E-state index contributed by atoms with van der Waals surface area (Å²) in [5.41, 5.74) is 9.43. The third kappa shape index (κ3) is 6.13. The highest BCUT2D eigenvalue weighted by atomic mass is 16.5. The highest BCUT2D eigenvalue weighted by Crippen LogP contribution is 2.52. The summed E-state index contributed by atoms with van der Waals surface area (Å²) in [6.07, 6.45) is 1.79. The Morgan fingerprint density at radius 3 is 1.86 bits per heavy atom. The molecule has 7 heteroatoms. The summed E-state index contributed by atoms with van der Waals surface area (Å²) in [5, 5.41) is 0. The van der Waals surface area contributed by atoms with E-state index in [0.29, 0.717) is 59.4 Å². The molecule has 0 aliphatic heterocycles. The molecule has 36 heavy (non-hydrogen) atoms. The highest BCUT2D eigenvalue weighted by molar-refractivity contribution is 6.26. The summed E-state index contributed by atoms with van der Waals surface area (Å²) in [6.45, 7) is 18.1. The predicted octanol–water partition coefficient (Wildman–Crippen LogP) is 5.10. The van der Waals surface area contributed by atoms with Gasteiger partial charge in [-0.3, -0.25) is 4.79 Å². The minimum Gasteiger partial charge on any atom is -0.493 e. The predicted molar refractivity (Wildman–Crippen MR) is 147 cm³/mol. The summed E-state index contributed by atoms with van der Waals surface area (Å²) < 4.78 is 18.3. The van der Waals surface area contributed by atoms with Gasteiger partial charge in [0.05, 0.1) is 31.1 Å². The van der Waals surface area contributed by atoms with Crippen molar-refractivity contribution < 1.29 is 19.0 Å². The minimum absolute atomic E-state index is 0.111. The lowest BCUT2D eigenvalue weighted by atomic mass is 10.0. The molecule has 1 aliphatic carbocycles. The molecule has 0 fully saturated rings. The first-order chi connectivity index (χ1) is 17.5.